The molecule has 1 saturated heterocycles. The highest BCUT2D eigenvalue weighted by molar-refractivity contribution is 7.88. The van der Waals surface area contributed by atoms with E-state index in [1.807, 2.05) is 10.6 Å². The second-order valence-electron chi connectivity index (χ2n) is 6.77. The molecule has 2 aromatic rings. The number of sulfonamides is 1. The minimum atomic E-state index is -3.43. The summed E-state index contributed by atoms with van der Waals surface area (Å²) in [6, 6.07) is 5.53. The fourth-order valence-corrected chi connectivity index (χ4v) is 5.67. The van der Waals surface area contributed by atoms with Gasteiger partial charge in [-0.1, -0.05) is 36.8 Å². The number of piperidine rings is 1. The Morgan fingerprint density at radius 1 is 1.41 bits per heavy atom. The predicted octanol–water partition coefficient (Wildman–Crippen LogP) is 2.69. The Hall–Kier alpha value is -1.77. The number of hydrogen-bond acceptors (Lipinski definition) is 4. The molecule has 1 fully saturated rings. The molecule has 146 valence electrons. The number of carbonyl (C=O) groups is 1. The van der Waals surface area contributed by atoms with Gasteiger partial charge in [0.25, 0.3) is 5.91 Å². The molecule has 27 heavy (non-hydrogen) atoms. The van der Waals surface area contributed by atoms with Crippen LogP contribution >= 0.6 is 11.3 Å². The molecule has 1 aromatic carbocycles. The second-order valence-corrected chi connectivity index (χ2v) is 9.72. The molecule has 0 bridgehead atoms. The molecular weight excluding hydrogens is 382 g/mol. The first-order valence-electron chi connectivity index (χ1n) is 9.13. The van der Waals surface area contributed by atoms with Gasteiger partial charge in [-0.3, -0.25) is 4.79 Å². The Bertz CT molecular complexity index is 1030. The molecule has 1 aliphatic heterocycles. The average molecular weight is 408 g/mol. The number of hydrogen-bond donors (Lipinski definition) is 0. The molecular formula is C19H25N3O3S2. The summed E-state index contributed by atoms with van der Waals surface area (Å²) in [7, 11) is -3.43. The lowest BCUT2D eigenvalue weighted by molar-refractivity contribution is -0.122. The van der Waals surface area contributed by atoms with Crippen molar-refractivity contribution in [2.75, 3.05) is 12.8 Å². The Labute approximate surface area is 163 Å². The number of benzene rings is 1. The third-order valence-corrected chi connectivity index (χ3v) is 7.17. The van der Waals surface area contributed by atoms with Crippen molar-refractivity contribution >= 4 is 37.5 Å². The number of carbonyl (C=O) groups excluding carboxylic acids is 1. The Morgan fingerprint density at radius 2 is 2.19 bits per heavy atom. The van der Waals surface area contributed by atoms with E-state index in [4.69, 9.17) is 0 Å². The van der Waals surface area contributed by atoms with E-state index >= 15 is 0 Å². The molecule has 1 aromatic heterocycles. The second kappa shape index (κ2) is 8.08. The molecule has 0 radical (unpaired) electrons. The Balaban J connectivity index is 2.06. The van der Waals surface area contributed by atoms with Gasteiger partial charge < -0.3 is 4.57 Å². The topological polar surface area (TPSA) is 71.7 Å². The standard InChI is InChI=1S/C19H25N3O3S2/c1-4-11-21-15-10-9-14(5-2)13-17(15)26-19(21)20-18(23)16-8-6-7-12-22(16)27(3,24)25/h4,9-10,13,16H,1,5-8,11-12H2,2-3H3. The van der Waals surface area contributed by atoms with Crippen molar-refractivity contribution in [2.24, 2.45) is 4.99 Å². The zero-order valence-corrected chi connectivity index (χ0v) is 17.4. The maximum Gasteiger partial charge on any atom is 0.266 e. The molecule has 1 atom stereocenters. The number of aryl methyl sites for hydroxylation is 1. The van der Waals surface area contributed by atoms with Crippen LogP contribution < -0.4 is 4.80 Å². The van der Waals surface area contributed by atoms with Gasteiger partial charge in [0.15, 0.2) is 4.80 Å². The molecule has 1 amide bonds. The Morgan fingerprint density at radius 3 is 2.85 bits per heavy atom. The van der Waals surface area contributed by atoms with Crippen LogP contribution in [-0.2, 0) is 27.8 Å². The third kappa shape index (κ3) is 4.23. The molecule has 0 N–H and O–H groups in total. The van der Waals surface area contributed by atoms with Crippen LogP contribution in [0, 0.1) is 0 Å². The number of thiazole rings is 1. The van der Waals surface area contributed by atoms with E-state index < -0.39 is 16.1 Å². The van der Waals surface area contributed by atoms with Gasteiger partial charge in [0, 0.05) is 13.1 Å². The van der Waals surface area contributed by atoms with Crippen molar-refractivity contribution in [1.29, 1.82) is 0 Å². The van der Waals surface area contributed by atoms with Crippen molar-refractivity contribution in [3.63, 3.8) is 0 Å². The molecule has 1 aliphatic rings. The molecule has 1 unspecified atom stereocenters. The summed E-state index contributed by atoms with van der Waals surface area (Å²) >= 11 is 1.45. The fraction of sp³-hybridized carbons (Fsp3) is 0.474. The van der Waals surface area contributed by atoms with Gasteiger partial charge >= 0.3 is 0 Å². The summed E-state index contributed by atoms with van der Waals surface area (Å²) in [5.41, 5.74) is 2.23. The van der Waals surface area contributed by atoms with Crippen LogP contribution in [0.15, 0.2) is 35.8 Å². The molecule has 8 heteroatoms. The van der Waals surface area contributed by atoms with Gasteiger partial charge in [-0.2, -0.15) is 9.30 Å². The van der Waals surface area contributed by atoms with Crippen molar-refractivity contribution in [3.8, 4) is 0 Å². The van der Waals surface area contributed by atoms with Crippen LogP contribution in [0.4, 0.5) is 0 Å². The van der Waals surface area contributed by atoms with Crippen molar-refractivity contribution in [2.45, 2.75) is 45.2 Å². The van der Waals surface area contributed by atoms with Gasteiger partial charge in [-0.15, -0.1) is 6.58 Å². The lowest BCUT2D eigenvalue weighted by Gasteiger charge is -2.31. The lowest BCUT2D eigenvalue weighted by atomic mass is 10.0. The van der Waals surface area contributed by atoms with E-state index in [1.165, 1.54) is 21.2 Å². The molecule has 3 rings (SSSR count). The third-order valence-electron chi connectivity index (χ3n) is 4.84. The summed E-state index contributed by atoms with van der Waals surface area (Å²) in [6.07, 6.45) is 5.98. The molecule has 0 spiro atoms. The van der Waals surface area contributed by atoms with E-state index in [1.54, 1.807) is 6.08 Å². The Kier molecular flexibility index (Phi) is 5.98. The van der Waals surface area contributed by atoms with Crippen molar-refractivity contribution in [3.05, 3.63) is 41.2 Å². The quantitative estimate of drug-likeness (QED) is 0.716. The van der Waals surface area contributed by atoms with E-state index in [-0.39, 0.29) is 5.91 Å². The number of amides is 1. The largest absolute Gasteiger partial charge is 0.313 e. The summed E-state index contributed by atoms with van der Waals surface area (Å²) in [6.45, 7) is 6.82. The summed E-state index contributed by atoms with van der Waals surface area (Å²) in [4.78, 5) is 17.8. The van der Waals surface area contributed by atoms with Gasteiger partial charge in [-0.25, -0.2) is 8.42 Å². The number of allylic oxidation sites excluding steroid dienone is 1. The van der Waals surface area contributed by atoms with Crippen LogP contribution in [0.5, 0.6) is 0 Å². The smallest absolute Gasteiger partial charge is 0.266 e. The zero-order valence-electron chi connectivity index (χ0n) is 15.7. The number of aromatic nitrogens is 1. The molecule has 6 nitrogen and oxygen atoms in total. The minimum absolute atomic E-state index is 0.379. The predicted molar refractivity (Wildman–Crippen MR) is 109 cm³/mol. The lowest BCUT2D eigenvalue weighted by Crippen LogP contribution is -2.47. The van der Waals surface area contributed by atoms with Crippen molar-refractivity contribution < 1.29 is 13.2 Å². The SMILES string of the molecule is C=CCn1c(=NC(=O)C2CCCCN2S(C)(=O)=O)sc2cc(CC)ccc21. The minimum Gasteiger partial charge on any atom is -0.313 e. The summed E-state index contributed by atoms with van der Waals surface area (Å²) in [5, 5.41) is 0. The highest BCUT2D eigenvalue weighted by Gasteiger charge is 2.34. The average Bonchev–Trinajstić information content (AvgIpc) is 2.97. The highest BCUT2D eigenvalue weighted by Crippen LogP contribution is 2.22. The number of rotatable bonds is 5. The molecule has 0 aliphatic carbocycles. The van der Waals surface area contributed by atoms with Gasteiger partial charge in [0.1, 0.15) is 6.04 Å². The molecule has 0 saturated carbocycles. The maximum atomic E-state index is 12.9. The van der Waals surface area contributed by atoms with Crippen LogP contribution in [0.3, 0.4) is 0 Å². The van der Waals surface area contributed by atoms with Crippen LogP contribution in [0.2, 0.25) is 0 Å². The number of nitrogens with zero attached hydrogens (tertiary/aromatic N) is 3. The van der Waals surface area contributed by atoms with E-state index in [2.05, 4.69) is 30.6 Å². The fourth-order valence-electron chi connectivity index (χ4n) is 3.45. The summed E-state index contributed by atoms with van der Waals surface area (Å²) in [5.74, 6) is -0.389. The normalized spacial score (nSPS) is 19.5. The number of fused-ring (bicyclic) bond motifs is 1. The van der Waals surface area contributed by atoms with E-state index in [0.29, 0.717) is 24.3 Å². The first-order valence-corrected chi connectivity index (χ1v) is 11.8. The van der Waals surface area contributed by atoms with Gasteiger partial charge in [-0.05, 0) is 37.0 Å². The van der Waals surface area contributed by atoms with Gasteiger partial charge in [0.05, 0.1) is 16.5 Å². The van der Waals surface area contributed by atoms with E-state index in [0.717, 1.165) is 35.7 Å². The molecule has 2 heterocycles. The van der Waals surface area contributed by atoms with Crippen LogP contribution in [-0.4, -0.2) is 42.0 Å². The van der Waals surface area contributed by atoms with E-state index in [9.17, 15) is 13.2 Å². The van der Waals surface area contributed by atoms with Crippen LogP contribution in [0.1, 0.15) is 31.7 Å². The summed E-state index contributed by atoms with van der Waals surface area (Å²) < 4.78 is 28.4. The zero-order chi connectivity index (χ0) is 19.6. The highest BCUT2D eigenvalue weighted by atomic mass is 32.2. The first kappa shape index (κ1) is 20.0. The maximum absolute atomic E-state index is 12.9. The van der Waals surface area contributed by atoms with Gasteiger partial charge in [0.2, 0.25) is 10.0 Å². The monoisotopic (exact) mass is 407 g/mol. The van der Waals surface area contributed by atoms with Crippen molar-refractivity contribution in [1.82, 2.24) is 8.87 Å². The van der Waals surface area contributed by atoms with Crippen LogP contribution in [0.25, 0.3) is 10.2 Å². The first-order chi connectivity index (χ1) is 12.8.